The Morgan fingerprint density at radius 3 is 2.39 bits per heavy atom. The highest BCUT2D eigenvalue weighted by Crippen LogP contribution is 2.37. The first-order chi connectivity index (χ1) is 8.43. The summed E-state index contributed by atoms with van der Waals surface area (Å²) in [5, 5.41) is -0.0131. The smallest absolute Gasteiger partial charge is 0.326 e. The van der Waals surface area contributed by atoms with Gasteiger partial charge < -0.3 is 5.73 Å². The Hall–Kier alpha value is -1.47. The fourth-order valence-corrected chi connectivity index (χ4v) is 2.45. The molecule has 2 N–H and O–H groups in total. The Bertz CT molecular complexity index is 562. The predicted molar refractivity (Wildman–Crippen MR) is 60.4 cm³/mol. The number of aromatic nitrogens is 1. The lowest BCUT2D eigenvalue weighted by molar-refractivity contribution is -0.141. The highest BCUT2D eigenvalue weighted by molar-refractivity contribution is 7.15. The summed E-state index contributed by atoms with van der Waals surface area (Å²) in [7, 11) is 0. The fraction of sp³-hybridized carbons (Fsp3) is 0.182. The molecule has 0 amide bonds. The number of benzene rings is 1. The van der Waals surface area contributed by atoms with Gasteiger partial charge in [-0.25, -0.2) is 9.37 Å². The minimum atomic E-state index is -4.57. The Labute approximate surface area is 104 Å². The number of nitrogens with two attached hydrogens (primary N) is 1. The Kier molecular flexibility index (Phi) is 3.36. The molecule has 2 rings (SSSR count). The molecule has 0 radical (unpaired) electrons. The van der Waals surface area contributed by atoms with Crippen molar-refractivity contribution in [3.8, 4) is 10.6 Å². The SMILES string of the molecule is NCc1sc(-c2ccccc2F)nc1C(F)(F)F. The van der Waals surface area contributed by atoms with Crippen LogP contribution in [0.4, 0.5) is 17.6 Å². The average Bonchev–Trinajstić information content (AvgIpc) is 2.73. The normalized spacial score (nSPS) is 11.8. The maximum absolute atomic E-state index is 13.5. The predicted octanol–water partition coefficient (Wildman–Crippen LogP) is 3.43. The Morgan fingerprint density at radius 2 is 1.89 bits per heavy atom. The number of hydrogen-bond acceptors (Lipinski definition) is 3. The van der Waals surface area contributed by atoms with E-state index in [4.69, 9.17) is 5.73 Å². The molecule has 0 saturated carbocycles. The molecule has 1 aromatic heterocycles. The third-order valence-electron chi connectivity index (χ3n) is 2.26. The van der Waals surface area contributed by atoms with Gasteiger partial charge in [-0.05, 0) is 12.1 Å². The lowest BCUT2D eigenvalue weighted by Gasteiger charge is -2.03. The van der Waals surface area contributed by atoms with Crippen molar-refractivity contribution in [2.24, 2.45) is 5.73 Å². The highest BCUT2D eigenvalue weighted by atomic mass is 32.1. The van der Waals surface area contributed by atoms with Crippen LogP contribution in [0.5, 0.6) is 0 Å². The van der Waals surface area contributed by atoms with Crippen molar-refractivity contribution in [2.45, 2.75) is 12.7 Å². The minimum Gasteiger partial charge on any atom is -0.326 e. The highest BCUT2D eigenvalue weighted by Gasteiger charge is 2.37. The van der Waals surface area contributed by atoms with E-state index < -0.39 is 17.7 Å². The van der Waals surface area contributed by atoms with E-state index in [1.54, 1.807) is 0 Å². The zero-order chi connectivity index (χ0) is 13.3. The molecule has 0 unspecified atom stereocenters. The molecule has 2 nitrogen and oxygen atoms in total. The van der Waals surface area contributed by atoms with Crippen molar-refractivity contribution in [2.75, 3.05) is 0 Å². The summed E-state index contributed by atoms with van der Waals surface area (Å²) in [4.78, 5) is 3.36. The van der Waals surface area contributed by atoms with Crippen molar-refractivity contribution in [1.82, 2.24) is 4.98 Å². The maximum atomic E-state index is 13.5. The molecule has 7 heteroatoms. The summed E-state index contributed by atoms with van der Waals surface area (Å²) >= 11 is 0.758. The summed E-state index contributed by atoms with van der Waals surface area (Å²) in [6.07, 6.45) is -4.57. The zero-order valence-electron chi connectivity index (χ0n) is 8.96. The summed E-state index contributed by atoms with van der Waals surface area (Å²) in [6, 6.07) is 5.55. The Balaban J connectivity index is 2.55. The fourth-order valence-electron chi connectivity index (χ4n) is 1.46. The third kappa shape index (κ3) is 2.37. The molecule has 96 valence electrons. The lowest BCUT2D eigenvalue weighted by atomic mass is 10.2. The summed E-state index contributed by atoms with van der Waals surface area (Å²) in [5.74, 6) is -0.608. The molecule has 2 aromatic rings. The molecule has 1 heterocycles. The van der Waals surface area contributed by atoms with Crippen molar-refractivity contribution in [1.29, 1.82) is 0 Å². The van der Waals surface area contributed by atoms with Crippen molar-refractivity contribution in [3.63, 3.8) is 0 Å². The van der Waals surface area contributed by atoms with Crippen molar-refractivity contribution >= 4 is 11.3 Å². The quantitative estimate of drug-likeness (QED) is 0.853. The van der Waals surface area contributed by atoms with Gasteiger partial charge in [0, 0.05) is 12.1 Å². The first-order valence-electron chi connectivity index (χ1n) is 4.95. The molecule has 0 saturated heterocycles. The monoisotopic (exact) mass is 276 g/mol. The number of halogens is 4. The number of thiazole rings is 1. The van der Waals surface area contributed by atoms with E-state index in [-0.39, 0.29) is 22.0 Å². The van der Waals surface area contributed by atoms with Gasteiger partial charge >= 0.3 is 6.18 Å². The second-order valence-electron chi connectivity index (χ2n) is 3.47. The van der Waals surface area contributed by atoms with E-state index in [9.17, 15) is 17.6 Å². The number of hydrogen-bond donors (Lipinski definition) is 1. The van der Waals surface area contributed by atoms with Crippen LogP contribution < -0.4 is 5.73 Å². The molecule has 0 atom stereocenters. The van der Waals surface area contributed by atoms with Crippen LogP contribution >= 0.6 is 11.3 Å². The van der Waals surface area contributed by atoms with Gasteiger partial charge in [0.15, 0.2) is 5.69 Å². The molecule has 1 aromatic carbocycles. The summed E-state index contributed by atoms with van der Waals surface area (Å²) in [6.45, 7) is -0.277. The first kappa shape index (κ1) is 13.0. The molecule has 0 aliphatic carbocycles. The van der Waals surface area contributed by atoms with E-state index in [1.165, 1.54) is 24.3 Å². The molecule has 0 fully saturated rings. The molecular weight excluding hydrogens is 268 g/mol. The van der Waals surface area contributed by atoms with Gasteiger partial charge in [-0.2, -0.15) is 13.2 Å². The number of rotatable bonds is 2. The van der Waals surface area contributed by atoms with E-state index in [0.717, 1.165) is 11.3 Å². The average molecular weight is 276 g/mol. The van der Waals surface area contributed by atoms with Gasteiger partial charge in [0.25, 0.3) is 0 Å². The lowest BCUT2D eigenvalue weighted by Crippen LogP contribution is -2.10. The van der Waals surface area contributed by atoms with E-state index in [1.807, 2.05) is 0 Å². The molecule has 0 spiro atoms. The molecular formula is C11H8F4N2S. The van der Waals surface area contributed by atoms with Gasteiger partial charge in [0.2, 0.25) is 0 Å². The zero-order valence-corrected chi connectivity index (χ0v) is 9.78. The molecule has 0 bridgehead atoms. The Morgan fingerprint density at radius 1 is 1.22 bits per heavy atom. The molecule has 0 aliphatic rings. The standard InChI is InChI=1S/C11H8F4N2S/c12-7-4-2-1-3-6(7)10-17-9(11(13,14)15)8(5-16)18-10/h1-4H,5,16H2. The minimum absolute atomic E-state index is 0.0131. The van der Waals surface area contributed by atoms with Crippen LogP contribution in [0.3, 0.4) is 0 Å². The third-order valence-corrected chi connectivity index (χ3v) is 3.37. The van der Waals surface area contributed by atoms with Crippen molar-refractivity contribution < 1.29 is 17.6 Å². The number of nitrogens with zero attached hydrogens (tertiary/aromatic N) is 1. The van der Waals surface area contributed by atoms with Crippen LogP contribution in [0.1, 0.15) is 10.6 Å². The molecule has 0 aliphatic heterocycles. The van der Waals surface area contributed by atoms with E-state index in [2.05, 4.69) is 4.98 Å². The first-order valence-corrected chi connectivity index (χ1v) is 5.77. The topological polar surface area (TPSA) is 38.9 Å². The van der Waals surface area contributed by atoms with Gasteiger partial charge in [-0.15, -0.1) is 11.3 Å². The van der Waals surface area contributed by atoms with Crippen LogP contribution in [-0.2, 0) is 12.7 Å². The van der Waals surface area contributed by atoms with Crippen LogP contribution in [0.15, 0.2) is 24.3 Å². The summed E-state index contributed by atoms with van der Waals surface area (Å²) < 4.78 is 51.5. The van der Waals surface area contributed by atoms with E-state index >= 15 is 0 Å². The maximum Gasteiger partial charge on any atom is 0.434 e. The second-order valence-corrected chi connectivity index (χ2v) is 4.56. The molecule has 18 heavy (non-hydrogen) atoms. The van der Waals surface area contributed by atoms with Crippen molar-refractivity contribution in [3.05, 3.63) is 40.7 Å². The van der Waals surface area contributed by atoms with Gasteiger partial charge in [-0.3, -0.25) is 0 Å². The van der Waals surface area contributed by atoms with Crippen LogP contribution in [0.2, 0.25) is 0 Å². The number of alkyl halides is 3. The van der Waals surface area contributed by atoms with Crippen LogP contribution in [0, 0.1) is 5.82 Å². The van der Waals surface area contributed by atoms with Crippen LogP contribution in [-0.4, -0.2) is 4.98 Å². The van der Waals surface area contributed by atoms with E-state index in [0.29, 0.717) is 0 Å². The van der Waals surface area contributed by atoms with Gasteiger partial charge in [-0.1, -0.05) is 12.1 Å². The largest absolute Gasteiger partial charge is 0.434 e. The summed E-state index contributed by atoms with van der Waals surface area (Å²) in [5.41, 5.74) is 4.27. The van der Waals surface area contributed by atoms with Gasteiger partial charge in [0.1, 0.15) is 10.8 Å². The van der Waals surface area contributed by atoms with Crippen LogP contribution in [0.25, 0.3) is 10.6 Å². The van der Waals surface area contributed by atoms with Gasteiger partial charge in [0.05, 0.1) is 4.88 Å². The second kappa shape index (κ2) is 4.66.